The van der Waals surface area contributed by atoms with E-state index in [-0.39, 0.29) is 5.91 Å². The van der Waals surface area contributed by atoms with Crippen LogP contribution in [-0.4, -0.2) is 17.1 Å². The number of amides is 1. The van der Waals surface area contributed by atoms with Crippen molar-refractivity contribution in [1.82, 2.24) is 4.98 Å². The molecule has 1 aromatic heterocycles. The fourth-order valence-electron chi connectivity index (χ4n) is 2.58. The van der Waals surface area contributed by atoms with Crippen molar-refractivity contribution in [3.8, 4) is 0 Å². The van der Waals surface area contributed by atoms with Crippen LogP contribution < -0.4 is 5.01 Å². The number of rotatable bonds is 4. The van der Waals surface area contributed by atoms with E-state index in [9.17, 15) is 4.79 Å². The first-order chi connectivity index (χ1) is 14.0. The maximum absolute atomic E-state index is 13.3. The SMILES string of the molecule is O=C(c1cccc(Br)c1)N(/N=C/c1ccc(Br)cc1)c1nc2ccc(Br)cc2s1. The molecule has 0 N–H and O–H groups in total. The predicted octanol–water partition coefficient (Wildman–Crippen LogP) is 7.26. The van der Waals surface area contributed by atoms with Gasteiger partial charge in [0.25, 0.3) is 5.91 Å². The summed E-state index contributed by atoms with van der Waals surface area (Å²) >= 11 is 11.7. The standard InChI is InChI=1S/C21H12Br3N3OS/c22-15-6-4-13(5-7-15)12-25-27(20(28)14-2-1-3-16(23)10-14)21-26-18-9-8-17(24)11-19(18)29-21/h1-12H/b25-12+. The number of hydrogen-bond donors (Lipinski definition) is 0. The molecule has 1 heterocycles. The van der Waals surface area contributed by atoms with Crippen molar-refractivity contribution in [3.63, 3.8) is 0 Å². The van der Waals surface area contributed by atoms with Gasteiger partial charge in [0, 0.05) is 19.0 Å². The van der Waals surface area contributed by atoms with Gasteiger partial charge in [-0.25, -0.2) is 4.98 Å². The van der Waals surface area contributed by atoms with Crippen LogP contribution in [0, 0.1) is 0 Å². The Hall–Kier alpha value is -1.87. The van der Waals surface area contributed by atoms with Gasteiger partial charge >= 0.3 is 0 Å². The minimum atomic E-state index is -0.252. The highest BCUT2D eigenvalue weighted by Crippen LogP contribution is 2.32. The van der Waals surface area contributed by atoms with E-state index in [1.807, 2.05) is 54.6 Å². The van der Waals surface area contributed by atoms with E-state index in [0.717, 1.165) is 29.2 Å². The molecule has 0 bridgehead atoms. The number of halogens is 3. The van der Waals surface area contributed by atoms with Crippen LogP contribution in [0.4, 0.5) is 5.13 Å². The van der Waals surface area contributed by atoms with Crippen LogP contribution in [0.25, 0.3) is 10.2 Å². The van der Waals surface area contributed by atoms with Gasteiger partial charge in [-0.15, -0.1) is 0 Å². The van der Waals surface area contributed by atoms with Crippen molar-refractivity contribution >= 4 is 86.6 Å². The maximum Gasteiger partial charge on any atom is 0.280 e. The van der Waals surface area contributed by atoms with Crippen molar-refractivity contribution < 1.29 is 4.79 Å². The van der Waals surface area contributed by atoms with E-state index in [1.165, 1.54) is 16.3 Å². The van der Waals surface area contributed by atoms with Crippen molar-refractivity contribution in [2.75, 3.05) is 5.01 Å². The van der Waals surface area contributed by atoms with Crippen LogP contribution in [0.15, 0.2) is 85.2 Å². The van der Waals surface area contributed by atoms with Crippen molar-refractivity contribution in [2.24, 2.45) is 5.10 Å². The summed E-state index contributed by atoms with van der Waals surface area (Å²) < 4.78 is 3.74. The number of benzene rings is 3. The number of fused-ring (bicyclic) bond motifs is 1. The number of carbonyl (C=O) groups is 1. The molecule has 4 aromatic rings. The van der Waals surface area contributed by atoms with Gasteiger partial charge in [-0.2, -0.15) is 10.1 Å². The fourth-order valence-corrected chi connectivity index (χ4v) is 4.72. The Morgan fingerprint density at radius 3 is 2.41 bits per heavy atom. The molecule has 0 unspecified atom stereocenters. The lowest BCUT2D eigenvalue weighted by Gasteiger charge is -2.14. The van der Waals surface area contributed by atoms with Crippen LogP contribution in [0.1, 0.15) is 15.9 Å². The second kappa shape index (κ2) is 8.87. The first-order valence-corrected chi connectivity index (χ1v) is 11.6. The summed E-state index contributed by atoms with van der Waals surface area (Å²) in [6.45, 7) is 0. The third-order valence-electron chi connectivity index (χ3n) is 3.98. The average molecular weight is 594 g/mol. The Balaban J connectivity index is 1.76. The third-order valence-corrected chi connectivity index (χ3v) is 6.49. The lowest BCUT2D eigenvalue weighted by atomic mass is 10.2. The van der Waals surface area contributed by atoms with Gasteiger partial charge in [-0.3, -0.25) is 4.79 Å². The second-order valence-electron chi connectivity index (χ2n) is 6.03. The van der Waals surface area contributed by atoms with Gasteiger partial charge in [0.1, 0.15) is 0 Å². The van der Waals surface area contributed by atoms with Crippen molar-refractivity contribution in [1.29, 1.82) is 0 Å². The van der Waals surface area contributed by atoms with Crippen LogP contribution >= 0.6 is 59.1 Å². The Bertz CT molecular complexity index is 1220. The zero-order valence-electron chi connectivity index (χ0n) is 14.7. The topological polar surface area (TPSA) is 45.6 Å². The monoisotopic (exact) mass is 591 g/mol. The largest absolute Gasteiger partial charge is 0.280 e. The quantitative estimate of drug-likeness (QED) is 0.185. The average Bonchev–Trinajstić information content (AvgIpc) is 3.12. The van der Waals surface area contributed by atoms with Gasteiger partial charge in [0.15, 0.2) is 0 Å². The highest BCUT2D eigenvalue weighted by Gasteiger charge is 2.21. The molecule has 0 saturated heterocycles. The first-order valence-electron chi connectivity index (χ1n) is 8.45. The number of aromatic nitrogens is 1. The maximum atomic E-state index is 13.3. The highest BCUT2D eigenvalue weighted by atomic mass is 79.9. The molecule has 0 radical (unpaired) electrons. The van der Waals surface area contributed by atoms with E-state index < -0.39 is 0 Å². The normalized spacial score (nSPS) is 11.3. The fraction of sp³-hybridized carbons (Fsp3) is 0. The summed E-state index contributed by atoms with van der Waals surface area (Å²) in [7, 11) is 0. The van der Waals surface area contributed by atoms with E-state index in [0.29, 0.717) is 10.7 Å². The Labute approximate surface area is 196 Å². The number of nitrogens with zero attached hydrogens (tertiary/aromatic N) is 3. The van der Waals surface area contributed by atoms with E-state index in [2.05, 4.69) is 57.9 Å². The van der Waals surface area contributed by atoms with Crippen LogP contribution in [0.5, 0.6) is 0 Å². The number of hydrazone groups is 1. The predicted molar refractivity (Wildman–Crippen MR) is 130 cm³/mol. The van der Waals surface area contributed by atoms with Crippen molar-refractivity contribution in [2.45, 2.75) is 0 Å². The Morgan fingerprint density at radius 2 is 1.66 bits per heavy atom. The molecular weight excluding hydrogens is 582 g/mol. The molecule has 1 amide bonds. The zero-order valence-corrected chi connectivity index (χ0v) is 20.3. The molecule has 0 saturated carbocycles. The molecule has 144 valence electrons. The van der Waals surface area contributed by atoms with Gasteiger partial charge in [0.05, 0.1) is 16.4 Å². The number of thiazole rings is 1. The van der Waals surface area contributed by atoms with Crippen LogP contribution in [0.3, 0.4) is 0 Å². The van der Waals surface area contributed by atoms with Crippen LogP contribution in [0.2, 0.25) is 0 Å². The number of anilines is 1. The summed E-state index contributed by atoms with van der Waals surface area (Å²) in [5, 5.41) is 6.34. The molecule has 4 nitrogen and oxygen atoms in total. The van der Waals surface area contributed by atoms with Gasteiger partial charge in [-0.1, -0.05) is 77.3 Å². The van der Waals surface area contributed by atoms with E-state index in [4.69, 9.17) is 0 Å². The van der Waals surface area contributed by atoms with Gasteiger partial charge < -0.3 is 0 Å². The van der Waals surface area contributed by atoms with Crippen molar-refractivity contribution in [3.05, 3.63) is 91.3 Å². The Kier molecular flexibility index (Phi) is 6.24. The third kappa shape index (κ3) is 4.83. The molecule has 0 aliphatic rings. The molecule has 8 heteroatoms. The molecule has 4 rings (SSSR count). The van der Waals surface area contributed by atoms with E-state index >= 15 is 0 Å². The summed E-state index contributed by atoms with van der Waals surface area (Å²) in [5.74, 6) is -0.252. The molecule has 3 aromatic carbocycles. The molecular formula is C21H12Br3N3OS. The lowest BCUT2D eigenvalue weighted by Crippen LogP contribution is -2.25. The zero-order chi connectivity index (χ0) is 20.4. The van der Waals surface area contributed by atoms with E-state index in [1.54, 1.807) is 18.3 Å². The lowest BCUT2D eigenvalue weighted by molar-refractivity contribution is 0.0988. The molecule has 0 aliphatic carbocycles. The number of carbonyl (C=O) groups excluding carboxylic acids is 1. The summed E-state index contributed by atoms with van der Waals surface area (Å²) in [5.41, 5.74) is 2.22. The summed E-state index contributed by atoms with van der Waals surface area (Å²) in [6.07, 6.45) is 1.66. The minimum Gasteiger partial charge on any atom is -0.267 e. The molecule has 0 atom stereocenters. The summed E-state index contributed by atoms with van der Waals surface area (Å²) in [4.78, 5) is 17.9. The minimum absolute atomic E-state index is 0.252. The molecule has 0 spiro atoms. The highest BCUT2D eigenvalue weighted by molar-refractivity contribution is 9.11. The molecule has 0 aliphatic heterocycles. The van der Waals surface area contributed by atoms with Crippen LogP contribution in [-0.2, 0) is 0 Å². The van der Waals surface area contributed by atoms with Gasteiger partial charge in [-0.05, 0) is 54.1 Å². The molecule has 29 heavy (non-hydrogen) atoms. The second-order valence-corrected chi connectivity index (χ2v) is 9.79. The molecule has 0 fully saturated rings. The van der Waals surface area contributed by atoms with Gasteiger partial charge in [0.2, 0.25) is 5.13 Å². The number of hydrogen-bond acceptors (Lipinski definition) is 4. The first kappa shape index (κ1) is 20.4. The summed E-state index contributed by atoms with van der Waals surface area (Å²) in [6, 6.07) is 20.8. The Morgan fingerprint density at radius 1 is 0.931 bits per heavy atom. The smallest absolute Gasteiger partial charge is 0.267 e.